The highest BCUT2D eigenvalue weighted by atomic mass is 32.3. The van der Waals surface area contributed by atoms with E-state index in [1.807, 2.05) is 0 Å². The second-order valence-corrected chi connectivity index (χ2v) is 6.86. The lowest BCUT2D eigenvalue weighted by Crippen LogP contribution is -2.40. The van der Waals surface area contributed by atoms with Gasteiger partial charge in [0.2, 0.25) is 0 Å². The fraction of sp³-hybridized carbons (Fsp3) is 0.111. The average Bonchev–Trinajstić information content (AvgIpc) is 2.26. The molecule has 0 heterocycles. The number of hydrogen-bond acceptors (Lipinski definition) is 4. The Hall–Kier alpha value is -1.39. The number of rotatable bonds is 4. The third kappa shape index (κ3) is 3.33. The molecule has 19 heavy (non-hydrogen) atoms. The van der Waals surface area contributed by atoms with Gasteiger partial charge in [-0.05, 0) is 11.6 Å². The van der Waals surface area contributed by atoms with Crippen molar-refractivity contribution in [3.8, 4) is 0 Å². The molecule has 0 amide bonds. The molecule has 0 aromatic heterocycles. The smallest absolute Gasteiger partial charge is 0.206 e. The summed E-state index contributed by atoms with van der Waals surface area (Å²) < 4.78 is 81.9. The standard InChI is InChI=1S/C9H8F3NO4S2/c1-2-7-5-3-4-6-8(7)18(14,15)13-19(16,17)9(10,11)12/h2-6,13H,1H2. The Balaban J connectivity index is 3.32. The highest BCUT2D eigenvalue weighted by molar-refractivity contribution is 8.05. The molecule has 0 radical (unpaired) electrons. The average molecular weight is 315 g/mol. The summed E-state index contributed by atoms with van der Waals surface area (Å²) in [5.41, 5.74) is -5.74. The van der Waals surface area contributed by atoms with Gasteiger partial charge in [-0.1, -0.05) is 35.0 Å². The molecule has 0 saturated carbocycles. The first-order chi connectivity index (χ1) is 8.51. The summed E-state index contributed by atoms with van der Waals surface area (Å²) in [7, 11) is -10.9. The molecule has 5 nitrogen and oxygen atoms in total. The van der Waals surface area contributed by atoms with Gasteiger partial charge in [-0.15, -0.1) is 0 Å². The highest BCUT2D eigenvalue weighted by Crippen LogP contribution is 2.24. The van der Waals surface area contributed by atoms with Gasteiger partial charge in [-0.2, -0.15) is 13.2 Å². The van der Waals surface area contributed by atoms with E-state index >= 15 is 0 Å². The first kappa shape index (κ1) is 15.7. The van der Waals surface area contributed by atoms with Gasteiger partial charge in [0.05, 0.1) is 4.90 Å². The van der Waals surface area contributed by atoms with Crippen LogP contribution in [-0.2, 0) is 20.0 Å². The lowest BCUT2D eigenvalue weighted by molar-refractivity contribution is -0.0441. The number of halogens is 3. The molecule has 1 N–H and O–H groups in total. The van der Waals surface area contributed by atoms with Crippen LogP contribution in [0.1, 0.15) is 5.56 Å². The van der Waals surface area contributed by atoms with Crippen molar-refractivity contribution in [2.24, 2.45) is 0 Å². The SMILES string of the molecule is C=Cc1ccccc1S(=O)(=O)NS(=O)(=O)C(F)(F)F. The third-order valence-corrected chi connectivity index (χ3v) is 5.27. The predicted molar refractivity (Wildman–Crippen MR) is 61.8 cm³/mol. The molecular formula is C9H8F3NO4S2. The second kappa shape index (κ2) is 4.94. The van der Waals surface area contributed by atoms with E-state index in [1.54, 1.807) is 0 Å². The lowest BCUT2D eigenvalue weighted by Gasteiger charge is -2.11. The van der Waals surface area contributed by atoms with Gasteiger partial charge in [0.1, 0.15) is 0 Å². The Kier molecular flexibility index (Phi) is 4.08. The molecule has 1 aromatic rings. The Labute approximate surface area is 107 Å². The van der Waals surface area contributed by atoms with Crippen molar-refractivity contribution >= 4 is 26.1 Å². The van der Waals surface area contributed by atoms with Crippen LogP contribution < -0.4 is 4.13 Å². The Morgan fingerprint density at radius 1 is 1.11 bits per heavy atom. The van der Waals surface area contributed by atoms with Crippen LogP contribution in [0.4, 0.5) is 13.2 Å². The molecule has 0 spiro atoms. The Bertz CT molecular complexity index is 692. The zero-order valence-electron chi connectivity index (χ0n) is 9.18. The van der Waals surface area contributed by atoms with Crippen LogP contribution in [0.2, 0.25) is 0 Å². The van der Waals surface area contributed by atoms with E-state index in [4.69, 9.17) is 0 Å². The first-order valence-electron chi connectivity index (χ1n) is 4.57. The van der Waals surface area contributed by atoms with Gasteiger partial charge in [0.15, 0.2) is 0 Å². The van der Waals surface area contributed by atoms with Crippen molar-refractivity contribution in [1.82, 2.24) is 4.13 Å². The van der Waals surface area contributed by atoms with Crippen LogP contribution in [0.3, 0.4) is 0 Å². The number of hydrogen-bond donors (Lipinski definition) is 1. The molecule has 0 bridgehead atoms. The molecule has 10 heteroatoms. The van der Waals surface area contributed by atoms with Gasteiger partial charge < -0.3 is 0 Å². The van der Waals surface area contributed by atoms with Crippen LogP contribution in [0.15, 0.2) is 35.7 Å². The number of alkyl halides is 3. The minimum Gasteiger partial charge on any atom is -0.206 e. The molecular weight excluding hydrogens is 307 g/mol. The normalized spacial score (nSPS) is 13.2. The topological polar surface area (TPSA) is 80.3 Å². The number of sulfonamides is 2. The zero-order chi connectivity index (χ0) is 14.9. The van der Waals surface area contributed by atoms with E-state index in [9.17, 15) is 30.0 Å². The van der Waals surface area contributed by atoms with Gasteiger partial charge in [-0.25, -0.2) is 16.8 Å². The van der Waals surface area contributed by atoms with Gasteiger partial charge in [0, 0.05) is 0 Å². The molecule has 0 saturated heterocycles. The van der Waals surface area contributed by atoms with Crippen molar-refractivity contribution in [3.63, 3.8) is 0 Å². The summed E-state index contributed by atoms with van der Waals surface area (Å²) in [4.78, 5) is -0.613. The first-order valence-corrected chi connectivity index (χ1v) is 7.54. The van der Waals surface area contributed by atoms with Crippen molar-refractivity contribution in [2.45, 2.75) is 10.4 Å². The maximum Gasteiger partial charge on any atom is 0.512 e. The molecule has 0 unspecified atom stereocenters. The monoisotopic (exact) mass is 315 g/mol. The zero-order valence-corrected chi connectivity index (χ0v) is 10.8. The van der Waals surface area contributed by atoms with E-state index in [2.05, 4.69) is 6.58 Å². The predicted octanol–water partition coefficient (Wildman–Crippen LogP) is 1.46. The second-order valence-electron chi connectivity index (χ2n) is 3.28. The molecule has 1 aromatic carbocycles. The minimum absolute atomic E-state index is 0.0209. The number of benzene rings is 1. The van der Waals surface area contributed by atoms with Crippen LogP contribution in [0.25, 0.3) is 6.08 Å². The summed E-state index contributed by atoms with van der Waals surface area (Å²) in [6.45, 7) is 3.29. The van der Waals surface area contributed by atoms with E-state index in [0.717, 1.165) is 12.1 Å². The quantitative estimate of drug-likeness (QED) is 0.912. The molecule has 0 aliphatic heterocycles. The maximum atomic E-state index is 12.1. The molecule has 0 fully saturated rings. The summed E-state index contributed by atoms with van der Waals surface area (Å²) in [6, 6.07) is 4.89. The molecule has 0 aliphatic rings. The van der Waals surface area contributed by atoms with E-state index < -0.39 is 30.5 Å². The van der Waals surface area contributed by atoms with Crippen molar-refractivity contribution in [3.05, 3.63) is 36.4 Å². The summed E-state index contributed by atoms with van der Waals surface area (Å²) >= 11 is 0. The fourth-order valence-corrected chi connectivity index (χ4v) is 3.74. The van der Waals surface area contributed by atoms with Crippen molar-refractivity contribution in [2.75, 3.05) is 0 Å². The summed E-state index contributed by atoms with van der Waals surface area (Å²) in [5, 5.41) is 0. The van der Waals surface area contributed by atoms with Crippen molar-refractivity contribution < 1.29 is 30.0 Å². The molecule has 0 aliphatic carbocycles. The Morgan fingerprint density at radius 2 is 1.63 bits per heavy atom. The van der Waals surface area contributed by atoms with Gasteiger partial charge in [-0.3, -0.25) is 0 Å². The summed E-state index contributed by atoms with van der Waals surface area (Å²) in [5.74, 6) is 0. The minimum atomic E-state index is -6.00. The van der Waals surface area contributed by atoms with Gasteiger partial charge in [0.25, 0.3) is 10.0 Å². The van der Waals surface area contributed by atoms with Gasteiger partial charge >= 0.3 is 15.5 Å². The number of nitrogens with one attached hydrogen (secondary N) is 1. The van der Waals surface area contributed by atoms with Crippen molar-refractivity contribution in [1.29, 1.82) is 0 Å². The molecule has 0 atom stereocenters. The third-order valence-electron chi connectivity index (χ3n) is 1.95. The largest absolute Gasteiger partial charge is 0.512 e. The Morgan fingerprint density at radius 3 is 2.11 bits per heavy atom. The van der Waals surface area contributed by atoms with Crippen LogP contribution in [0.5, 0.6) is 0 Å². The van der Waals surface area contributed by atoms with E-state index in [-0.39, 0.29) is 5.56 Å². The maximum absolute atomic E-state index is 12.1. The molecule has 106 valence electrons. The fourth-order valence-electron chi connectivity index (χ4n) is 1.13. The van der Waals surface area contributed by atoms with Crippen LogP contribution in [-0.4, -0.2) is 22.3 Å². The van der Waals surface area contributed by atoms with Crippen LogP contribution in [0, 0.1) is 0 Å². The van der Waals surface area contributed by atoms with E-state index in [0.29, 0.717) is 4.13 Å². The molecule has 1 rings (SSSR count). The van der Waals surface area contributed by atoms with E-state index in [1.165, 1.54) is 18.2 Å². The lowest BCUT2D eigenvalue weighted by atomic mass is 10.2. The summed E-state index contributed by atoms with van der Waals surface area (Å²) in [6.07, 6.45) is 1.08. The van der Waals surface area contributed by atoms with Crippen LogP contribution >= 0.6 is 0 Å². The highest BCUT2D eigenvalue weighted by Gasteiger charge is 2.48.